The summed E-state index contributed by atoms with van der Waals surface area (Å²) in [6.45, 7) is 0. The summed E-state index contributed by atoms with van der Waals surface area (Å²) in [7, 11) is 0. The molecule has 3 N–H and O–H groups in total. The van der Waals surface area contributed by atoms with Crippen LogP contribution < -0.4 is 10.5 Å². The Morgan fingerprint density at radius 1 is 1.43 bits per heavy atom. The van der Waals surface area contributed by atoms with Crippen LogP contribution in [0.1, 0.15) is 5.69 Å². The fraction of sp³-hybridized carbons (Fsp3) is 0. The summed E-state index contributed by atoms with van der Waals surface area (Å²) in [6.07, 6.45) is 2.48. The maximum Gasteiger partial charge on any atom is 0.271 e. The van der Waals surface area contributed by atoms with Gasteiger partial charge in [-0.15, -0.1) is 0 Å². The molecule has 108 valence electrons. The Bertz CT molecular complexity index is 704. The lowest BCUT2D eigenvalue weighted by Crippen LogP contribution is -2.15. The van der Waals surface area contributed by atoms with Crippen molar-refractivity contribution in [1.82, 2.24) is 9.97 Å². The predicted molar refractivity (Wildman–Crippen MR) is 72.7 cm³/mol. The van der Waals surface area contributed by atoms with Gasteiger partial charge < -0.3 is 15.7 Å². The smallest absolute Gasteiger partial charge is 0.271 e. The van der Waals surface area contributed by atoms with Gasteiger partial charge in [0.05, 0.1) is 22.3 Å². The van der Waals surface area contributed by atoms with E-state index in [0.29, 0.717) is 0 Å². The number of aromatic nitrogens is 2. The minimum absolute atomic E-state index is 0.0616. The first kappa shape index (κ1) is 14.5. The third-order valence-electron chi connectivity index (χ3n) is 2.34. The van der Waals surface area contributed by atoms with Gasteiger partial charge in [0.1, 0.15) is 11.4 Å². The molecule has 0 fully saturated rings. The van der Waals surface area contributed by atoms with E-state index >= 15 is 0 Å². The molecule has 2 aromatic rings. The second kappa shape index (κ2) is 6.01. The Hall–Kier alpha value is -2.94. The summed E-state index contributed by atoms with van der Waals surface area (Å²) in [5, 5.41) is 21.9. The lowest BCUT2D eigenvalue weighted by Gasteiger charge is -2.06. The molecule has 0 aliphatic heterocycles. The third kappa shape index (κ3) is 3.34. The first-order valence-corrected chi connectivity index (χ1v) is 5.81. The molecular weight excluding hydrogens is 302 g/mol. The van der Waals surface area contributed by atoms with Gasteiger partial charge >= 0.3 is 0 Å². The second-order valence-corrected chi connectivity index (χ2v) is 4.11. The molecule has 9 nitrogen and oxygen atoms in total. The van der Waals surface area contributed by atoms with E-state index in [1.165, 1.54) is 24.5 Å². The molecule has 0 spiro atoms. The van der Waals surface area contributed by atoms with E-state index < -0.39 is 4.92 Å². The van der Waals surface area contributed by atoms with Crippen LogP contribution >= 0.6 is 11.6 Å². The molecule has 0 amide bonds. The average Bonchev–Trinajstić information content (AvgIpc) is 2.49. The van der Waals surface area contributed by atoms with Crippen molar-refractivity contribution in [2.75, 3.05) is 0 Å². The van der Waals surface area contributed by atoms with Gasteiger partial charge in [0.25, 0.3) is 5.69 Å². The number of ether oxygens (including phenoxy) is 1. The van der Waals surface area contributed by atoms with Crippen LogP contribution in [-0.2, 0) is 0 Å². The molecule has 0 radical (unpaired) electrons. The first-order chi connectivity index (χ1) is 10.0. The third-order valence-corrected chi connectivity index (χ3v) is 2.63. The number of oxime groups is 1. The number of hydrogen-bond acceptors (Lipinski definition) is 7. The number of amidine groups is 1. The number of benzene rings is 1. The molecule has 0 bridgehead atoms. The first-order valence-electron chi connectivity index (χ1n) is 5.43. The largest absolute Gasteiger partial charge is 0.436 e. The lowest BCUT2D eigenvalue weighted by molar-refractivity contribution is -0.384. The zero-order valence-corrected chi connectivity index (χ0v) is 11.1. The van der Waals surface area contributed by atoms with Crippen LogP contribution in [0.15, 0.2) is 35.7 Å². The monoisotopic (exact) mass is 309 g/mol. The van der Waals surface area contributed by atoms with Gasteiger partial charge in [0.15, 0.2) is 5.84 Å². The fourth-order valence-electron chi connectivity index (χ4n) is 1.35. The maximum atomic E-state index is 10.6. The van der Waals surface area contributed by atoms with Crippen LogP contribution in [0.4, 0.5) is 5.69 Å². The highest BCUT2D eigenvalue weighted by Gasteiger charge is 2.12. The van der Waals surface area contributed by atoms with E-state index in [4.69, 9.17) is 27.3 Å². The van der Waals surface area contributed by atoms with E-state index in [0.717, 1.165) is 6.07 Å². The molecule has 0 saturated carbocycles. The number of non-ortho nitro benzene ring substituents is 1. The van der Waals surface area contributed by atoms with Crippen LogP contribution in [0.3, 0.4) is 0 Å². The normalized spacial score (nSPS) is 11.2. The number of halogens is 1. The maximum absolute atomic E-state index is 10.6. The Balaban J connectivity index is 2.20. The molecule has 0 aliphatic carbocycles. The Labute approximate surface area is 122 Å². The van der Waals surface area contributed by atoms with Crippen LogP contribution in [0.5, 0.6) is 11.6 Å². The summed E-state index contributed by atoms with van der Waals surface area (Å²) in [6, 6.07) is 3.76. The van der Waals surface area contributed by atoms with Crippen LogP contribution in [-0.4, -0.2) is 25.9 Å². The summed E-state index contributed by atoms with van der Waals surface area (Å²) in [5.74, 6) is 0.0933. The van der Waals surface area contributed by atoms with Gasteiger partial charge in [-0.3, -0.25) is 10.1 Å². The van der Waals surface area contributed by atoms with Crippen molar-refractivity contribution in [2.45, 2.75) is 0 Å². The van der Waals surface area contributed by atoms with Crippen LogP contribution in [0, 0.1) is 10.1 Å². The standard InChI is InChI=1S/C11H8ClN5O4/c12-7-3-6(17(19)20)1-2-9(7)21-10-5-14-8(4-15-10)11(13)16-18/h1-5,18H,(H2,13,16). The van der Waals surface area contributed by atoms with Crippen molar-refractivity contribution in [1.29, 1.82) is 0 Å². The van der Waals surface area contributed by atoms with Gasteiger partial charge in [-0.05, 0) is 6.07 Å². The predicted octanol–water partition coefficient (Wildman–Crippen LogP) is 1.92. The summed E-state index contributed by atoms with van der Waals surface area (Å²) in [4.78, 5) is 17.8. The summed E-state index contributed by atoms with van der Waals surface area (Å²) >= 11 is 5.88. The number of rotatable bonds is 4. The lowest BCUT2D eigenvalue weighted by atomic mass is 10.3. The van der Waals surface area contributed by atoms with Crippen molar-refractivity contribution in [3.63, 3.8) is 0 Å². The topological polar surface area (TPSA) is 137 Å². The summed E-state index contributed by atoms with van der Waals surface area (Å²) in [5.41, 5.74) is 5.35. The molecule has 1 heterocycles. The Morgan fingerprint density at radius 3 is 2.71 bits per heavy atom. The van der Waals surface area contributed by atoms with Crippen LogP contribution in [0.2, 0.25) is 5.02 Å². The minimum atomic E-state index is -0.568. The van der Waals surface area contributed by atoms with Crippen molar-refractivity contribution in [3.8, 4) is 11.6 Å². The van der Waals surface area contributed by atoms with E-state index in [1.54, 1.807) is 0 Å². The highest BCUT2D eigenvalue weighted by Crippen LogP contribution is 2.31. The molecule has 1 aromatic carbocycles. The number of nitro groups is 1. The highest BCUT2D eigenvalue weighted by atomic mass is 35.5. The molecule has 1 aromatic heterocycles. The molecule has 2 rings (SSSR count). The number of nitro benzene ring substituents is 1. The zero-order chi connectivity index (χ0) is 15.4. The highest BCUT2D eigenvalue weighted by molar-refractivity contribution is 6.32. The van der Waals surface area contributed by atoms with Crippen molar-refractivity contribution < 1.29 is 14.9 Å². The number of hydrogen-bond donors (Lipinski definition) is 2. The fourth-order valence-corrected chi connectivity index (χ4v) is 1.56. The van der Waals surface area contributed by atoms with E-state index in [1.807, 2.05) is 0 Å². The van der Waals surface area contributed by atoms with Crippen molar-refractivity contribution >= 4 is 23.1 Å². The molecule has 0 aliphatic rings. The van der Waals surface area contributed by atoms with Gasteiger partial charge in [0.2, 0.25) is 5.88 Å². The van der Waals surface area contributed by atoms with Gasteiger partial charge in [-0.1, -0.05) is 16.8 Å². The molecule has 0 saturated heterocycles. The Morgan fingerprint density at radius 2 is 2.19 bits per heavy atom. The van der Waals surface area contributed by atoms with E-state index in [-0.39, 0.29) is 33.9 Å². The van der Waals surface area contributed by atoms with Gasteiger partial charge in [0, 0.05) is 12.1 Å². The SMILES string of the molecule is NC(=NO)c1cnc(Oc2ccc([N+](=O)[O-])cc2Cl)cn1. The van der Waals surface area contributed by atoms with Gasteiger partial charge in [-0.2, -0.15) is 0 Å². The molecule has 0 atom stereocenters. The quantitative estimate of drug-likeness (QED) is 0.289. The second-order valence-electron chi connectivity index (χ2n) is 3.70. The molecule has 0 unspecified atom stereocenters. The van der Waals surface area contributed by atoms with Gasteiger partial charge in [-0.25, -0.2) is 9.97 Å². The van der Waals surface area contributed by atoms with Crippen molar-refractivity contribution in [2.24, 2.45) is 10.9 Å². The van der Waals surface area contributed by atoms with E-state index in [2.05, 4.69) is 15.1 Å². The Kier molecular flexibility index (Phi) is 4.14. The molecule has 21 heavy (non-hydrogen) atoms. The van der Waals surface area contributed by atoms with E-state index in [9.17, 15) is 10.1 Å². The molecule has 10 heteroatoms. The number of nitrogens with two attached hydrogens (primary N) is 1. The van der Waals surface area contributed by atoms with Crippen LogP contribution in [0.25, 0.3) is 0 Å². The van der Waals surface area contributed by atoms with Crippen molar-refractivity contribution in [3.05, 3.63) is 51.4 Å². The summed E-state index contributed by atoms with van der Waals surface area (Å²) < 4.78 is 5.34. The minimum Gasteiger partial charge on any atom is -0.436 e. The number of nitrogens with zero attached hydrogens (tertiary/aromatic N) is 4. The zero-order valence-electron chi connectivity index (χ0n) is 10.3. The average molecular weight is 310 g/mol. The molecular formula is C11H8ClN5O4.